The van der Waals surface area contributed by atoms with Gasteiger partial charge >= 0.3 is 18.0 Å². The summed E-state index contributed by atoms with van der Waals surface area (Å²) in [5.74, 6) is -3.73. The van der Waals surface area contributed by atoms with Crippen molar-refractivity contribution in [2.45, 2.75) is 12.7 Å². The number of nitrogens with zero attached hydrogens (tertiary/aromatic N) is 7. The van der Waals surface area contributed by atoms with Gasteiger partial charge in [-0.15, -0.1) is 16.4 Å². The van der Waals surface area contributed by atoms with Gasteiger partial charge in [-0.05, 0) is 12.1 Å². The van der Waals surface area contributed by atoms with Crippen LogP contribution in [0.3, 0.4) is 0 Å². The van der Waals surface area contributed by atoms with E-state index in [4.69, 9.17) is 0 Å². The van der Waals surface area contributed by atoms with Crippen LogP contribution in [0, 0.1) is 5.82 Å². The lowest BCUT2D eigenvalue weighted by molar-refractivity contribution is -0.159. The number of rotatable bonds is 6. The van der Waals surface area contributed by atoms with E-state index in [9.17, 15) is 27.5 Å². The van der Waals surface area contributed by atoms with Crippen LogP contribution in [0.15, 0.2) is 41.4 Å². The van der Waals surface area contributed by atoms with Crippen molar-refractivity contribution in [1.82, 2.24) is 30.3 Å². The van der Waals surface area contributed by atoms with Gasteiger partial charge in [0, 0.05) is 12.4 Å². The topological polar surface area (TPSA) is 131 Å². The Balaban J connectivity index is 1.70. The molecule has 4 rings (SSSR count). The first-order valence-electron chi connectivity index (χ1n) is 8.51. The first kappa shape index (κ1) is 21.2. The summed E-state index contributed by atoms with van der Waals surface area (Å²) in [5, 5.41) is 20.0. The number of carboxylic acids is 1. The van der Waals surface area contributed by atoms with Crippen LogP contribution in [0.5, 0.6) is 0 Å². The van der Waals surface area contributed by atoms with Crippen LogP contribution in [-0.2, 0) is 12.7 Å². The van der Waals surface area contributed by atoms with Crippen molar-refractivity contribution in [2.75, 3.05) is 4.90 Å². The van der Waals surface area contributed by atoms with E-state index in [-0.39, 0.29) is 33.5 Å². The summed E-state index contributed by atoms with van der Waals surface area (Å²) < 4.78 is 56.9. The van der Waals surface area contributed by atoms with E-state index >= 15 is 0 Å². The number of carboxylic acid groups (broad SMARTS) is 1. The molecule has 0 amide bonds. The molecule has 0 aliphatic heterocycles. The number of aromatic carboxylic acids is 1. The second kappa shape index (κ2) is 8.26. The maximum atomic E-state index is 14.6. The first-order valence-corrected chi connectivity index (χ1v) is 9.33. The van der Waals surface area contributed by atoms with E-state index in [2.05, 4.69) is 34.8 Å². The van der Waals surface area contributed by atoms with Crippen molar-refractivity contribution in [3.63, 3.8) is 0 Å². The normalized spacial score (nSPS) is 11.5. The number of halogens is 4. The van der Waals surface area contributed by atoms with Gasteiger partial charge < -0.3 is 14.5 Å². The molecule has 0 spiro atoms. The van der Waals surface area contributed by atoms with E-state index in [0.29, 0.717) is 0 Å². The SMILES string of the molecule is O=C(O)c1cnnc(N(Cc2sc(-c3noc(C(F)(F)F)n3)cc2F)c2cnccn2)c1. The molecule has 4 aromatic heterocycles. The molecule has 0 saturated carbocycles. The smallest absolute Gasteiger partial charge is 0.471 e. The average Bonchev–Trinajstić information content (AvgIpc) is 3.40. The van der Waals surface area contributed by atoms with Crippen LogP contribution in [-0.4, -0.2) is 41.4 Å². The van der Waals surface area contributed by atoms with E-state index < -0.39 is 29.7 Å². The Labute approximate surface area is 179 Å². The van der Waals surface area contributed by atoms with Crippen LogP contribution in [0.2, 0.25) is 0 Å². The van der Waals surface area contributed by atoms with Crippen molar-refractivity contribution in [1.29, 1.82) is 0 Å². The van der Waals surface area contributed by atoms with Crippen molar-refractivity contribution >= 4 is 28.9 Å². The minimum absolute atomic E-state index is 0.00113. The van der Waals surface area contributed by atoms with Crippen LogP contribution in [0.1, 0.15) is 21.1 Å². The molecular weight excluding hydrogens is 458 g/mol. The Morgan fingerprint density at radius 2 is 2.00 bits per heavy atom. The van der Waals surface area contributed by atoms with Gasteiger partial charge in [-0.1, -0.05) is 5.16 Å². The number of hydrogen-bond acceptors (Lipinski definition) is 10. The van der Waals surface area contributed by atoms with Gasteiger partial charge in [0.05, 0.1) is 34.3 Å². The molecule has 10 nitrogen and oxygen atoms in total. The molecule has 0 fully saturated rings. The minimum atomic E-state index is -4.83. The van der Waals surface area contributed by atoms with E-state index in [1.54, 1.807) is 0 Å². The molecule has 0 atom stereocenters. The van der Waals surface area contributed by atoms with Gasteiger partial charge in [-0.3, -0.25) is 4.98 Å². The summed E-state index contributed by atoms with van der Waals surface area (Å²) in [6.07, 6.45) is 0.320. The maximum absolute atomic E-state index is 14.6. The van der Waals surface area contributed by atoms with Crippen LogP contribution in [0.25, 0.3) is 10.7 Å². The Hall–Kier alpha value is -4.01. The number of hydrogen-bond donors (Lipinski definition) is 1. The van der Waals surface area contributed by atoms with E-state index in [1.165, 1.54) is 29.6 Å². The fourth-order valence-electron chi connectivity index (χ4n) is 2.52. The molecule has 15 heteroatoms. The molecule has 1 N–H and O–H groups in total. The quantitative estimate of drug-likeness (QED) is 0.420. The Bertz CT molecular complexity index is 1260. The minimum Gasteiger partial charge on any atom is -0.478 e. The molecule has 4 aromatic rings. The highest BCUT2D eigenvalue weighted by atomic mass is 32.1. The molecule has 0 saturated heterocycles. The predicted octanol–water partition coefficient (Wildman–Crippen LogP) is 3.57. The lowest BCUT2D eigenvalue weighted by Gasteiger charge is -2.21. The van der Waals surface area contributed by atoms with E-state index in [0.717, 1.165) is 23.6 Å². The summed E-state index contributed by atoms with van der Waals surface area (Å²) in [6.45, 7) is -0.211. The van der Waals surface area contributed by atoms with Crippen LogP contribution in [0.4, 0.5) is 29.2 Å². The van der Waals surface area contributed by atoms with Gasteiger partial charge in [-0.25, -0.2) is 14.2 Å². The average molecular weight is 467 g/mol. The van der Waals surface area contributed by atoms with Crippen LogP contribution < -0.4 is 4.90 Å². The zero-order chi connectivity index (χ0) is 22.9. The molecule has 0 radical (unpaired) electrons. The lowest BCUT2D eigenvalue weighted by Crippen LogP contribution is -2.20. The fourth-order valence-corrected chi connectivity index (χ4v) is 3.47. The third-order valence-corrected chi connectivity index (χ3v) is 5.03. The Morgan fingerprint density at radius 1 is 1.19 bits per heavy atom. The van der Waals surface area contributed by atoms with E-state index in [1.807, 2.05) is 0 Å². The molecule has 164 valence electrons. The summed E-state index contributed by atoms with van der Waals surface area (Å²) in [5.41, 5.74) is -0.164. The zero-order valence-electron chi connectivity index (χ0n) is 15.5. The fraction of sp³-hybridized carbons (Fsp3) is 0.118. The van der Waals surface area contributed by atoms with Crippen molar-refractivity contribution in [3.8, 4) is 10.7 Å². The van der Waals surface area contributed by atoms with Crippen molar-refractivity contribution in [2.24, 2.45) is 0 Å². The number of anilines is 2. The number of aromatic nitrogens is 6. The molecule has 0 aliphatic carbocycles. The second-order valence-corrected chi connectivity index (χ2v) is 7.20. The van der Waals surface area contributed by atoms with Crippen molar-refractivity contribution in [3.05, 3.63) is 59.1 Å². The molecule has 0 unspecified atom stereocenters. The van der Waals surface area contributed by atoms with Gasteiger partial charge in [0.15, 0.2) is 11.6 Å². The standard InChI is InChI=1S/C17H9F4N7O3S/c18-9-4-10(14-25-16(31-27-14)17(19,20)21)32-11(9)7-28(13-6-22-1-2-23-13)12-3-8(15(29)30)5-24-26-12/h1-6H,7H2,(H,29,30). The molecule has 4 heterocycles. The van der Waals surface area contributed by atoms with Gasteiger partial charge in [0.2, 0.25) is 5.82 Å². The Morgan fingerprint density at radius 3 is 2.66 bits per heavy atom. The summed E-state index contributed by atoms with van der Waals surface area (Å²) >= 11 is 0.783. The largest absolute Gasteiger partial charge is 0.478 e. The molecule has 0 aliphatic rings. The third-order valence-electron chi connectivity index (χ3n) is 3.94. The number of alkyl halides is 3. The number of carbonyl (C=O) groups is 1. The van der Waals surface area contributed by atoms with Gasteiger partial charge in [0.25, 0.3) is 0 Å². The zero-order valence-corrected chi connectivity index (χ0v) is 16.3. The maximum Gasteiger partial charge on any atom is 0.471 e. The monoisotopic (exact) mass is 467 g/mol. The molecule has 32 heavy (non-hydrogen) atoms. The van der Waals surface area contributed by atoms with Crippen LogP contribution >= 0.6 is 11.3 Å². The summed E-state index contributed by atoms with van der Waals surface area (Å²) in [6, 6.07) is 2.18. The molecule has 0 bridgehead atoms. The third kappa shape index (κ3) is 4.36. The molecule has 0 aromatic carbocycles. The number of thiophene rings is 1. The highest BCUT2D eigenvalue weighted by Crippen LogP contribution is 2.35. The van der Waals surface area contributed by atoms with Gasteiger partial charge in [-0.2, -0.15) is 23.3 Å². The highest BCUT2D eigenvalue weighted by molar-refractivity contribution is 7.15. The summed E-state index contributed by atoms with van der Waals surface area (Å²) in [7, 11) is 0. The highest BCUT2D eigenvalue weighted by Gasteiger charge is 2.38. The lowest BCUT2D eigenvalue weighted by atomic mass is 10.3. The predicted molar refractivity (Wildman–Crippen MR) is 99.4 cm³/mol. The summed E-state index contributed by atoms with van der Waals surface area (Å²) in [4.78, 5) is 24.0. The second-order valence-electron chi connectivity index (χ2n) is 6.06. The molecular formula is C17H9F4N7O3S. The van der Waals surface area contributed by atoms with Gasteiger partial charge in [0.1, 0.15) is 5.82 Å². The van der Waals surface area contributed by atoms with Crippen molar-refractivity contribution < 1.29 is 32.0 Å². The Kier molecular flexibility index (Phi) is 5.48. The first-order chi connectivity index (χ1) is 15.2.